The number of piperidine rings is 1. The fourth-order valence-electron chi connectivity index (χ4n) is 6.61. The number of hydroxylamine groups is 2. The minimum atomic E-state index is -0.598. The average molecular weight is 502 g/mol. The smallest absolute Gasteiger partial charge is 0.174 e. The zero-order valence-electron chi connectivity index (χ0n) is 23.8. The SMILES string of the molecule is CCC1(C)CC2(OCC(C)(COC3CCCCC3)CO2)C(C)C(C)(CC)N1OCCc1ccccc1. The molecule has 3 fully saturated rings. The summed E-state index contributed by atoms with van der Waals surface area (Å²) in [7, 11) is 0. The molecule has 36 heavy (non-hydrogen) atoms. The largest absolute Gasteiger partial charge is 0.377 e. The van der Waals surface area contributed by atoms with Crippen molar-refractivity contribution in [1.29, 1.82) is 0 Å². The third kappa shape index (κ3) is 5.71. The van der Waals surface area contributed by atoms with Gasteiger partial charge in [-0.25, -0.2) is 0 Å². The molecule has 1 aromatic rings. The van der Waals surface area contributed by atoms with Gasteiger partial charge < -0.3 is 14.2 Å². The molecule has 0 N–H and O–H groups in total. The Morgan fingerprint density at radius 2 is 1.61 bits per heavy atom. The zero-order valence-corrected chi connectivity index (χ0v) is 23.8. The van der Waals surface area contributed by atoms with Crippen molar-refractivity contribution < 1.29 is 19.0 Å². The molecular formula is C31H51NO4. The summed E-state index contributed by atoms with van der Waals surface area (Å²) in [6, 6.07) is 10.6. The van der Waals surface area contributed by atoms with E-state index in [2.05, 4.69) is 76.9 Å². The molecule has 1 aromatic carbocycles. The highest BCUT2D eigenvalue weighted by molar-refractivity contribution is 5.15. The highest BCUT2D eigenvalue weighted by Crippen LogP contribution is 2.54. The standard InChI is InChI=1S/C31H51NO4/c1-7-29(5)21-31(34-23-28(4,24-35-31)22-33-27-17-13-10-14-18-27)25(3)30(6,8-2)32(29)36-20-19-26-15-11-9-12-16-26/h9,11-12,15-16,25,27H,7-8,10,13-14,17-24H2,1-6H3. The van der Waals surface area contributed by atoms with Gasteiger partial charge in [0.2, 0.25) is 0 Å². The molecule has 2 heterocycles. The van der Waals surface area contributed by atoms with Crippen LogP contribution in [-0.2, 0) is 25.5 Å². The van der Waals surface area contributed by atoms with Crippen molar-refractivity contribution in [3.8, 4) is 0 Å². The zero-order chi connectivity index (χ0) is 25.9. The highest BCUT2D eigenvalue weighted by atomic mass is 16.7. The second kappa shape index (κ2) is 11.4. The first-order valence-corrected chi connectivity index (χ1v) is 14.6. The van der Waals surface area contributed by atoms with Crippen molar-refractivity contribution in [2.24, 2.45) is 11.3 Å². The molecule has 4 rings (SSSR count). The fourth-order valence-corrected chi connectivity index (χ4v) is 6.61. The lowest BCUT2D eigenvalue weighted by Crippen LogP contribution is -2.74. The van der Waals surface area contributed by atoms with E-state index in [1.54, 1.807) is 0 Å². The number of rotatable bonds is 9. The number of hydrogen-bond donors (Lipinski definition) is 0. The Labute approximate surface area is 220 Å². The Balaban J connectivity index is 1.44. The van der Waals surface area contributed by atoms with Gasteiger partial charge in [-0.3, -0.25) is 4.84 Å². The lowest BCUT2D eigenvalue weighted by molar-refractivity contribution is -0.410. The van der Waals surface area contributed by atoms with Crippen molar-refractivity contribution in [3.63, 3.8) is 0 Å². The maximum Gasteiger partial charge on any atom is 0.174 e. The Hall–Kier alpha value is -0.980. The molecule has 204 valence electrons. The van der Waals surface area contributed by atoms with E-state index in [4.69, 9.17) is 19.0 Å². The van der Waals surface area contributed by atoms with Crippen LogP contribution in [0.4, 0.5) is 0 Å². The van der Waals surface area contributed by atoms with Crippen LogP contribution in [0.5, 0.6) is 0 Å². The lowest BCUT2D eigenvalue weighted by Gasteiger charge is -2.64. The Morgan fingerprint density at radius 1 is 0.944 bits per heavy atom. The van der Waals surface area contributed by atoms with Crippen LogP contribution < -0.4 is 0 Å². The van der Waals surface area contributed by atoms with Crippen molar-refractivity contribution in [3.05, 3.63) is 35.9 Å². The number of nitrogens with zero attached hydrogens (tertiary/aromatic N) is 1. The molecule has 0 bridgehead atoms. The highest BCUT2D eigenvalue weighted by Gasteiger charge is 2.63. The predicted molar refractivity (Wildman–Crippen MR) is 145 cm³/mol. The molecule has 2 saturated heterocycles. The maximum atomic E-state index is 6.81. The number of benzene rings is 1. The van der Waals surface area contributed by atoms with E-state index in [9.17, 15) is 0 Å². The van der Waals surface area contributed by atoms with E-state index in [0.29, 0.717) is 32.5 Å². The van der Waals surface area contributed by atoms with E-state index >= 15 is 0 Å². The van der Waals surface area contributed by atoms with E-state index in [-0.39, 0.29) is 22.4 Å². The summed E-state index contributed by atoms with van der Waals surface area (Å²) >= 11 is 0. The van der Waals surface area contributed by atoms with Crippen LogP contribution in [0, 0.1) is 11.3 Å². The van der Waals surface area contributed by atoms with Gasteiger partial charge in [-0.15, -0.1) is 0 Å². The summed E-state index contributed by atoms with van der Waals surface area (Å²) < 4.78 is 20.0. The first-order valence-electron chi connectivity index (χ1n) is 14.6. The first kappa shape index (κ1) is 28.0. The van der Waals surface area contributed by atoms with Crippen molar-refractivity contribution in [2.75, 3.05) is 26.4 Å². The number of ether oxygens (including phenoxy) is 3. The molecule has 0 aromatic heterocycles. The third-order valence-corrected chi connectivity index (χ3v) is 9.66. The molecule has 1 saturated carbocycles. The van der Waals surface area contributed by atoms with Gasteiger partial charge in [-0.1, -0.05) is 77.3 Å². The fraction of sp³-hybridized carbons (Fsp3) is 0.806. The van der Waals surface area contributed by atoms with E-state index in [1.807, 2.05) is 0 Å². The molecule has 5 heteroatoms. The molecule has 3 aliphatic rings. The summed E-state index contributed by atoms with van der Waals surface area (Å²) in [6.45, 7) is 16.5. The first-order chi connectivity index (χ1) is 17.2. The summed E-state index contributed by atoms with van der Waals surface area (Å²) in [5.74, 6) is -0.436. The van der Waals surface area contributed by atoms with E-state index in [0.717, 1.165) is 25.7 Å². The lowest BCUT2D eigenvalue weighted by atomic mass is 9.67. The monoisotopic (exact) mass is 501 g/mol. The molecule has 2 aliphatic heterocycles. The predicted octanol–water partition coefficient (Wildman–Crippen LogP) is 6.94. The van der Waals surface area contributed by atoms with Gasteiger partial charge in [-0.2, -0.15) is 5.06 Å². The summed E-state index contributed by atoms with van der Waals surface area (Å²) in [5, 5.41) is 2.32. The summed E-state index contributed by atoms with van der Waals surface area (Å²) in [5.41, 5.74) is 0.827. The van der Waals surface area contributed by atoms with Crippen molar-refractivity contribution >= 4 is 0 Å². The topological polar surface area (TPSA) is 40.2 Å². The van der Waals surface area contributed by atoms with Gasteiger partial charge in [0.05, 0.1) is 38.1 Å². The van der Waals surface area contributed by atoms with Gasteiger partial charge in [0, 0.05) is 23.3 Å². The summed E-state index contributed by atoms with van der Waals surface area (Å²) in [6.07, 6.45) is 10.4. The van der Waals surface area contributed by atoms with Crippen LogP contribution in [0.25, 0.3) is 0 Å². The third-order valence-electron chi connectivity index (χ3n) is 9.66. The van der Waals surface area contributed by atoms with E-state index in [1.165, 1.54) is 37.7 Å². The van der Waals surface area contributed by atoms with Gasteiger partial charge in [0.25, 0.3) is 0 Å². The Kier molecular flexibility index (Phi) is 8.89. The van der Waals surface area contributed by atoms with Gasteiger partial charge in [0.1, 0.15) is 0 Å². The van der Waals surface area contributed by atoms with E-state index < -0.39 is 5.79 Å². The van der Waals surface area contributed by atoms with Gasteiger partial charge >= 0.3 is 0 Å². The molecule has 1 aliphatic carbocycles. The average Bonchev–Trinajstić information content (AvgIpc) is 2.91. The van der Waals surface area contributed by atoms with Crippen molar-refractivity contribution in [1.82, 2.24) is 5.06 Å². The number of hydrogen-bond acceptors (Lipinski definition) is 5. The van der Waals surface area contributed by atoms with Gasteiger partial charge in [-0.05, 0) is 51.5 Å². The van der Waals surface area contributed by atoms with Crippen molar-refractivity contribution in [2.45, 2.75) is 122 Å². The Bertz CT molecular complexity index is 817. The Morgan fingerprint density at radius 3 is 2.22 bits per heavy atom. The minimum absolute atomic E-state index is 0.100. The second-order valence-electron chi connectivity index (χ2n) is 12.6. The molecule has 1 spiro atoms. The minimum Gasteiger partial charge on any atom is -0.377 e. The van der Waals surface area contributed by atoms with Crippen LogP contribution in [0.3, 0.4) is 0 Å². The van der Waals surface area contributed by atoms with Crippen LogP contribution >= 0.6 is 0 Å². The molecule has 5 nitrogen and oxygen atoms in total. The van der Waals surface area contributed by atoms with Crippen LogP contribution in [0.2, 0.25) is 0 Å². The molecule has 0 radical (unpaired) electrons. The normalized spacial score (nSPS) is 38.4. The molecule has 0 amide bonds. The second-order valence-corrected chi connectivity index (χ2v) is 12.6. The molecule has 3 atom stereocenters. The van der Waals surface area contributed by atoms with Crippen LogP contribution in [-0.4, -0.2) is 54.5 Å². The van der Waals surface area contributed by atoms with Crippen LogP contribution in [0.15, 0.2) is 30.3 Å². The van der Waals surface area contributed by atoms with Crippen LogP contribution in [0.1, 0.15) is 98.5 Å². The maximum absolute atomic E-state index is 6.81. The summed E-state index contributed by atoms with van der Waals surface area (Å²) in [4.78, 5) is 6.65. The molecular weight excluding hydrogens is 450 g/mol. The molecule has 3 unspecified atom stereocenters. The van der Waals surface area contributed by atoms with Gasteiger partial charge in [0.15, 0.2) is 5.79 Å². The quantitative estimate of drug-likeness (QED) is 0.367.